The van der Waals surface area contributed by atoms with Crippen LogP contribution in [0, 0.1) is 11.3 Å². The summed E-state index contributed by atoms with van der Waals surface area (Å²) < 4.78 is 1.04. The van der Waals surface area contributed by atoms with Gasteiger partial charge in [-0.3, -0.25) is 14.2 Å². The minimum Gasteiger partial charge on any atom is -0.480 e. The lowest BCUT2D eigenvalue weighted by atomic mass is 10.1. The normalized spacial score (nSPS) is 10.5. The van der Waals surface area contributed by atoms with E-state index in [9.17, 15) is 9.59 Å². The molecule has 2 N–H and O–H groups in total. The fourth-order valence-corrected chi connectivity index (χ4v) is 2.50. The summed E-state index contributed by atoms with van der Waals surface area (Å²) in [5.74, 6) is -1.20. The lowest BCUT2D eigenvalue weighted by Gasteiger charge is -2.16. The minimum atomic E-state index is -1.19. The van der Waals surface area contributed by atoms with Crippen LogP contribution >= 0.6 is 11.6 Å². The van der Waals surface area contributed by atoms with Crippen molar-refractivity contribution in [2.75, 3.05) is 5.32 Å². The molecule has 0 aliphatic rings. The zero-order valence-corrected chi connectivity index (χ0v) is 13.8. The molecule has 1 heterocycles. The van der Waals surface area contributed by atoms with E-state index in [4.69, 9.17) is 22.0 Å². The molecule has 0 atom stereocenters. The van der Waals surface area contributed by atoms with Gasteiger partial charge in [0.05, 0.1) is 17.3 Å². The van der Waals surface area contributed by atoms with Crippen molar-refractivity contribution in [3.63, 3.8) is 0 Å². The molecular formula is C16H15ClN4O3. The Morgan fingerprint density at radius 1 is 1.50 bits per heavy atom. The number of carboxylic acid groups (broad SMARTS) is 1. The van der Waals surface area contributed by atoms with Gasteiger partial charge in [0.15, 0.2) is 11.0 Å². The van der Waals surface area contributed by atoms with Crippen molar-refractivity contribution >= 4 is 23.4 Å². The van der Waals surface area contributed by atoms with Crippen molar-refractivity contribution < 1.29 is 9.90 Å². The summed E-state index contributed by atoms with van der Waals surface area (Å²) in [5.41, 5.74) is 0.381. The quantitative estimate of drug-likeness (QED) is 0.860. The molecule has 8 heteroatoms. The summed E-state index contributed by atoms with van der Waals surface area (Å²) in [6.07, 6.45) is 0. The molecule has 0 radical (unpaired) electrons. The molecule has 0 unspecified atom stereocenters. The zero-order chi connectivity index (χ0) is 17.9. The van der Waals surface area contributed by atoms with Gasteiger partial charge < -0.3 is 10.4 Å². The topological polar surface area (TPSA) is 108 Å². The molecule has 0 bridgehead atoms. The lowest BCUT2D eigenvalue weighted by molar-refractivity contribution is -0.137. The van der Waals surface area contributed by atoms with Gasteiger partial charge in [-0.2, -0.15) is 5.26 Å². The lowest BCUT2D eigenvalue weighted by Crippen LogP contribution is -2.31. The van der Waals surface area contributed by atoms with Crippen molar-refractivity contribution in [3.8, 4) is 17.3 Å². The van der Waals surface area contributed by atoms with Gasteiger partial charge in [0.25, 0.3) is 5.56 Å². The van der Waals surface area contributed by atoms with Gasteiger partial charge in [-0.1, -0.05) is 23.7 Å². The molecule has 1 aromatic carbocycles. The third-order valence-electron chi connectivity index (χ3n) is 3.11. The average molecular weight is 347 g/mol. The molecule has 24 heavy (non-hydrogen) atoms. The van der Waals surface area contributed by atoms with Crippen LogP contribution in [0.15, 0.2) is 29.1 Å². The van der Waals surface area contributed by atoms with Gasteiger partial charge in [0, 0.05) is 11.6 Å². The van der Waals surface area contributed by atoms with Crippen LogP contribution in [0.1, 0.15) is 19.4 Å². The fraction of sp³-hybridized carbons (Fsp3) is 0.250. The molecule has 0 aliphatic carbocycles. The number of hydrogen-bond acceptors (Lipinski definition) is 5. The van der Waals surface area contributed by atoms with E-state index in [1.54, 1.807) is 18.2 Å². The van der Waals surface area contributed by atoms with Crippen LogP contribution in [0.5, 0.6) is 0 Å². The van der Waals surface area contributed by atoms with Crippen LogP contribution in [-0.4, -0.2) is 26.7 Å². The number of anilines is 1. The Bertz CT molecular complexity index is 884. The molecule has 1 aromatic heterocycles. The van der Waals surface area contributed by atoms with Gasteiger partial charge in [0.2, 0.25) is 0 Å². The molecule has 0 saturated heterocycles. The molecule has 0 aliphatic heterocycles. The standard InChI is InChI=1S/C16H15ClN4O3/c1-9(2)19-15-16(24)21(8-12(22)23)13(14(17)20-15)11-5-3-4-10(6-11)7-18/h3-6,9H,8H2,1-2H3,(H,19,20)(H,22,23). The largest absolute Gasteiger partial charge is 0.480 e. The number of halogens is 1. The highest BCUT2D eigenvalue weighted by Gasteiger charge is 2.19. The Hall–Kier alpha value is -2.85. The van der Waals surface area contributed by atoms with E-state index < -0.39 is 18.1 Å². The van der Waals surface area contributed by atoms with Crippen molar-refractivity contribution in [1.29, 1.82) is 5.26 Å². The average Bonchev–Trinajstić information content (AvgIpc) is 2.51. The number of nitriles is 1. The first-order valence-corrected chi connectivity index (χ1v) is 7.50. The zero-order valence-electron chi connectivity index (χ0n) is 13.1. The van der Waals surface area contributed by atoms with Gasteiger partial charge in [-0.05, 0) is 26.0 Å². The van der Waals surface area contributed by atoms with E-state index in [-0.39, 0.29) is 22.7 Å². The monoisotopic (exact) mass is 346 g/mol. The van der Waals surface area contributed by atoms with E-state index >= 15 is 0 Å². The van der Waals surface area contributed by atoms with Crippen molar-refractivity contribution in [2.24, 2.45) is 0 Å². The Balaban J connectivity index is 2.74. The molecule has 0 saturated carbocycles. The third kappa shape index (κ3) is 3.73. The van der Waals surface area contributed by atoms with E-state index in [0.29, 0.717) is 11.1 Å². The summed E-state index contributed by atoms with van der Waals surface area (Å²) in [5, 5.41) is 21.0. The van der Waals surface area contributed by atoms with Crippen LogP contribution < -0.4 is 10.9 Å². The predicted molar refractivity (Wildman–Crippen MR) is 90.1 cm³/mol. The van der Waals surface area contributed by atoms with Crippen LogP contribution in [0.4, 0.5) is 5.82 Å². The van der Waals surface area contributed by atoms with Crippen LogP contribution in [0.2, 0.25) is 5.15 Å². The molecule has 7 nitrogen and oxygen atoms in total. The minimum absolute atomic E-state index is 0.0172. The number of carboxylic acids is 1. The second-order valence-corrected chi connectivity index (χ2v) is 5.73. The van der Waals surface area contributed by atoms with Crippen molar-refractivity contribution in [3.05, 3.63) is 45.3 Å². The SMILES string of the molecule is CC(C)Nc1nc(Cl)c(-c2cccc(C#N)c2)n(CC(=O)O)c1=O. The van der Waals surface area contributed by atoms with Crippen LogP contribution in [0.25, 0.3) is 11.3 Å². The van der Waals surface area contributed by atoms with Crippen molar-refractivity contribution in [2.45, 2.75) is 26.4 Å². The fourth-order valence-electron chi connectivity index (χ4n) is 2.20. The smallest absolute Gasteiger partial charge is 0.323 e. The van der Waals surface area contributed by atoms with E-state index in [2.05, 4.69) is 10.3 Å². The van der Waals surface area contributed by atoms with Crippen molar-refractivity contribution in [1.82, 2.24) is 9.55 Å². The Morgan fingerprint density at radius 2 is 2.21 bits per heavy atom. The Kier molecular flexibility index (Phi) is 5.21. The highest BCUT2D eigenvalue weighted by molar-refractivity contribution is 6.32. The second-order valence-electron chi connectivity index (χ2n) is 5.38. The van der Waals surface area contributed by atoms with Crippen LogP contribution in [-0.2, 0) is 11.3 Å². The molecule has 124 valence electrons. The van der Waals surface area contributed by atoms with Crippen LogP contribution in [0.3, 0.4) is 0 Å². The number of aromatic nitrogens is 2. The number of benzene rings is 1. The predicted octanol–water partition coefficient (Wildman–Crippen LogP) is 2.34. The Morgan fingerprint density at radius 3 is 2.79 bits per heavy atom. The summed E-state index contributed by atoms with van der Waals surface area (Å²) in [4.78, 5) is 27.8. The summed E-state index contributed by atoms with van der Waals surface area (Å²) in [7, 11) is 0. The van der Waals surface area contributed by atoms with Gasteiger partial charge in [-0.25, -0.2) is 4.98 Å². The maximum Gasteiger partial charge on any atom is 0.323 e. The van der Waals surface area contributed by atoms with E-state index in [1.165, 1.54) is 6.07 Å². The Labute approximate surface area is 143 Å². The molecule has 2 aromatic rings. The first-order valence-electron chi connectivity index (χ1n) is 7.12. The first kappa shape index (κ1) is 17.5. The maximum absolute atomic E-state index is 12.6. The van der Waals surface area contributed by atoms with E-state index in [1.807, 2.05) is 19.9 Å². The number of carbonyl (C=O) groups is 1. The number of aliphatic carboxylic acids is 1. The molecule has 2 rings (SSSR count). The first-order chi connectivity index (χ1) is 11.3. The maximum atomic E-state index is 12.6. The van der Waals surface area contributed by atoms with Gasteiger partial charge in [-0.15, -0.1) is 0 Å². The highest BCUT2D eigenvalue weighted by atomic mass is 35.5. The summed E-state index contributed by atoms with van der Waals surface area (Å²) >= 11 is 6.22. The molecule has 0 spiro atoms. The van der Waals surface area contributed by atoms with E-state index in [0.717, 1.165) is 4.57 Å². The van der Waals surface area contributed by atoms with Gasteiger partial charge in [0.1, 0.15) is 6.54 Å². The third-order valence-corrected chi connectivity index (χ3v) is 3.37. The van der Waals surface area contributed by atoms with Gasteiger partial charge >= 0.3 is 5.97 Å². The summed E-state index contributed by atoms with van der Waals surface area (Å²) in [6.45, 7) is 3.07. The number of hydrogen-bond donors (Lipinski definition) is 2. The molecular weight excluding hydrogens is 332 g/mol. The number of rotatable bonds is 5. The molecule has 0 fully saturated rings. The number of nitrogens with one attached hydrogen (secondary N) is 1. The molecule has 0 amide bonds. The summed E-state index contributed by atoms with van der Waals surface area (Å²) in [6, 6.07) is 8.29. The number of nitrogens with zero attached hydrogens (tertiary/aromatic N) is 3. The second kappa shape index (κ2) is 7.15. The highest BCUT2D eigenvalue weighted by Crippen LogP contribution is 2.27.